The van der Waals surface area contributed by atoms with Crippen molar-refractivity contribution >= 4 is 0 Å². The van der Waals surface area contributed by atoms with E-state index in [1.165, 1.54) is 19.2 Å². The molecule has 0 radical (unpaired) electrons. The van der Waals surface area contributed by atoms with E-state index in [1.54, 1.807) is 0 Å². The van der Waals surface area contributed by atoms with Crippen LogP contribution in [-0.2, 0) is 0 Å². The van der Waals surface area contributed by atoms with Gasteiger partial charge in [0, 0.05) is 39.3 Å². The highest BCUT2D eigenvalue weighted by molar-refractivity contribution is 4.76. The molecular weight excluding hydrogens is 190 g/mol. The fraction of sp³-hybridized carbons (Fsp3) is 0.636. The van der Waals surface area contributed by atoms with E-state index in [-0.39, 0.29) is 7.43 Å². The largest absolute Gasteiger partial charge is 0.516 e. The quantitative estimate of drug-likeness (QED) is 0.480. The van der Waals surface area contributed by atoms with Crippen LogP contribution in [0.1, 0.15) is 7.43 Å². The molecule has 0 aromatic carbocycles. The molecule has 0 aromatic rings. The second-order valence-electron chi connectivity index (χ2n) is 2.96. The maximum absolute atomic E-state index is 7.81. The molecule has 0 aliphatic carbocycles. The third-order valence-electron chi connectivity index (χ3n) is 1.84. The first kappa shape index (κ1) is 16.6. The summed E-state index contributed by atoms with van der Waals surface area (Å²) in [6.07, 6.45) is 4.35. The minimum Gasteiger partial charge on any atom is -0.516 e. The Kier molecular flexibility index (Phi) is 14.6. The molecular formula is C11H25N3O. The van der Waals surface area contributed by atoms with Crippen LogP contribution in [0.4, 0.5) is 0 Å². The van der Waals surface area contributed by atoms with E-state index in [2.05, 4.69) is 16.8 Å². The maximum atomic E-state index is 7.81. The summed E-state index contributed by atoms with van der Waals surface area (Å²) >= 11 is 0. The summed E-state index contributed by atoms with van der Waals surface area (Å²) in [6.45, 7) is 9.76. The Hall–Kier alpha value is -0.840. The van der Waals surface area contributed by atoms with Gasteiger partial charge in [-0.05, 0) is 6.08 Å². The summed E-state index contributed by atoms with van der Waals surface area (Å²) in [5.41, 5.74) is 4.89. The van der Waals surface area contributed by atoms with Crippen LogP contribution in [0.3, 0.4) is 0 Å². The fourth-order valence-electron chi connectivity index (χ4n) is 1.14. The van der Waals surface area contributed by atoms with Gasteiger partial charge in [0.25, 0.3) is 0 Å². The molecule has 1 saturated heterocycles. The molecule has 1 rings (SSSR count). The Balaban J connectivity index is 0. The van der Waals surface area contributed by atoms with Crippen molar-refractivity contribution in [3.8, 4) is 0 Å². The van der Waals surface area contributed by atoms with Crippen LogP contribution >= 0.6 is 0 Å². The Morgan fingerprint density at radius 2 is 2.00 bits per heavy atom. The average molecular weight is 215 g/mol. The Labute approximate surface area is 93.5 Å². The highest BCUT2D eigenvalue weighted by Gasteiger charge is 2.05. The molecule has 0 atom stereocenters. The molecule has 0 saturated carbocycles. The van der Waals surface area contributed by atoms with Crippen LogP contribution in [0, 0.1) is 0 Å². The summed E-state index contributed by atoms with van der Waals surface area (Å²) in [5.74, 6) is 0. The van der Waals surface area contributed by atoms with E-state index in [0.29, 0.717) is 6.54 Å². The van der Waals surface area contributed by atoms with Crippen LogP contribution in [0.25, 0.3) is 0 Å². The highest BCUT2D eigenvalue weighted by Crippen LogP contribution is 1.89. The number of nitrogens with two attached hydrogens (primary N) is 1. The van der Waals surface area contributed by atoms with Crippen molar-refractivity contribution in [1.29, 1.82) is 0 Å². The molecule has 4 heteroatoms. The standard InChI is InChI=1S/C7H14N2.C3H7NO.CH4/c1-2-5-9-6-3-8-4-7-9;4-2-1-3-5;/h2,8H,1,3-7H2;1,3,5H,2,4H2;1H4. The van der Waals surface area contributed by atoms with Gasteiger partial charge in [0.1, 0.15) is 0 Å². The number of nitrogens with one attached hydrogen (secondary N) is 1. The first-order valence-electron chi connectivity index (χ1n) is 4.88. The van der Waals surface area contributed by atoms with Crippen LogP contribution in [0.5, 0.6) is 0 Å². The molecule has 1 aliphatic rings. The van der Waals surface area contributed by atoms with E-state index in [9.17, 15) is 0 Å². The molecule has 90 valence electrons. The molecule has 1 aliphatic heterocycles. The summed E-state index contributed by atoms with van der Waals surface area (Å²) < 4.78 is 0. The monoisotopic (exact) mass is 215 g/mol. The van der Waals surface area contributed by atoms with Gasteiger partial charge in [0.2, 0.25) is 0 Å². The molecule has 4 nitrogen and oxygen atoms in total. The zero-order chi connectivity index (χ0) is 10.6. The minimum absolute atomic E-state index is 0. The molecule has 0 amide bonds. The van der Waals surface area contributed by atoms with Gasteiger partial charge >= 0.3 is 0 Å². The number of piperazine rings is 1. The topological polar surface area (TPSA) is 61.5 Å². The molecule has 1 heterocycles. The van der Waals surface area contributed by atoms with Gasteiger partial charge in [-0.1, -0.05) is 13.5 Å². The molecule has 0 unspecified atom stereocenters. The lowest BCUT2D eigenvalue weighted by Crippen LogP contribution is -2.43. The number of hydrogen-bond acceptors (Lipinski definition) is 4. The Bertz CT molecular complexity index is 154. The van der Waals surface area contributed by atoms with E-state index < -0.39 is 0 Å². The van der Waals surface area contributed by atoms with Gasteiger partial charge in [-0.25, -0.2) is 0 Å². The van der Waals surface area contributed by atoms with E-state index in [4.69, 9.17) is 10.8 Å². The molecule has 0 bridgehead atoms. The third kappa shape index (κ3) is 11.1. The first-order valence-corrected chi connectivity index (χ1v) is 4.88. The van der Waals surface area contributed by atoms with Crippen molar-refractivity contribution < 1.29 is 5.11 Å². The lowest BCUT2D eigenvalue weighted by atomic mass is 10.3. The van der Waals surface area contributed by atoms with Crippen molar-refractivity contribution in [2.24, 2.45) is 5.73 Å². The maximum Gasteiger partial charge on any atom is 0.0764 e. The number of nitrogens with zero attached hydrogens (tertiary/aromatic N) is 1. The zero-order valence-electron chi connectivity index (χ0n) is 8.65. The van der Waals surface area contributed by atoms with Crippen LogP contribution in [-0.4, -0.2) is 49.3 Å². The van der Waals surface area contributed by atoms with Crippen molar-refractivity contribution in [2.45, 2.75) is 7.43 Å². The van der Waals surface area contributed by atoms with Crippen molar-refractivity contribution in [3.05, 3.63) is 25.0 Å². The summed E-state index contributed by atoms with van der Waals surface area (Å²) in [5, 5.41) is 11.1. The number of hydrogen-bond donors (Lipinski definition) is 3. The zero-order valence-corrected chi connectivity index (χ0v) is 8.65. The van der Waals surface area contributed by atoms with Crippen LogP contribution < -0.4 is 11.1 Å². The van der Waals surface area contributed by atoms with E-state index in [0.717, 1.165) is 25.9 Å². The number of rotatable bonds is 3. The summed E-state index contributed by atoms with van der Waals surface area (Å²) in [4.78, 5) is 2.39. The van der Waals surface area contributed by atoms with Crippen molar-refractivity contribution in [3.63, 3.8) is 0 Å². The Morgan fingerprint density at radius 1 is 1.40 bits per heavy atom. The molecule has 0 aromatic heterocycles. The molecule has 1 fully saturated rings. The second kappa shape index (κ2) is 13.2. The lowest BCUT2D eigenvalue weighted by molar-refractivity contribution is 0.265. The summed E-state index contributed by atoms with van der Waals surface area (Å²) in [7, 11) is 0. The Morgan fingerprint density at radius 3 is 2.33 bits per heavy atom. The van der Waals surface area contributed by atoms with E-state index in [1.807, 2.05) is 6.08 Å². The van der Waals surface area contributed by atoms with Gasteiger partial charge < -0.3 is 16.2 Å². The van der Waals surface area contributed by atoms with Crippen molar-refractivity contribution in [1.82, 2.24) is 10.2 Å². The highest BCUT2D eigenvalue weighted by atomic mass is 16.2. The number of aliphatic hydroxyl groups excluding tert-OH is 1. The molecule has 0 spiro atoms. The van der Waals surface area contributed by atoms with E-state index >= 15 is 0 Å². The second-order valence-corrected chi connectivity index (χ2v) is 2.96. The predicted molar refractivity (Wildman–Crippen MR) is 67.1 cm³/mol. The van der Waals surface area contributed by atoms with Gasteiger partial charge in [0.05, 0.1) is 6.26 Å². The van der Waals surface area contributed by atoms with Crippen LogP contribution in [0.2, 0.25) is 0 Å². The van der Waals surface area contributed by atoms with Gasteiger partial charge in [0.15, 0.2) is 0 Å². The summed E-state index contributed by atoms with van der Waals surface area (Å²) in [6, 6.07) is 0. The van der Waals surface area contributed by atoms with Gasteiger partial charge in [-0.3, -0.25) is 4.90 Å². The van der Waals surface area contributed by atoms with Crippen molar-refractivity contribution in [2.75, 3.05) is 39.3 Å². The molecule has 15 heavy (non-hydrogen) atoms. The number of aliphatic hydroxyl groups is 1. The first-order chi connectivity index (χ1) is 6.85. The predicted octanol–water partition coefficient (Wildman–Crippen LogP) is 0.731. The third-order valence-corrected chi connectivity index (χ3v) is 1.84. The van der Waals surface area contributed by atoms with Gasteiger partial charge in [-0.2, -0.15) is 0 Å². The average Bonchev–Trinajstić information content (AvgIpc) is 2.22. The normalized spacial score (nSPS) is 16.3. The SMILES string of the molecule is C.C=CCN1CCNCC1.NCC=CO. The smallest absolute Gasteiger partial charge is 0.0764 e. The van der Waals surface area contributed by atoms with Crippen LogP contribution in [0.15, 0.2) is 25.0 Å². The minimum atomic E-state index is 0. The van der Waals surface area contributed by atoms with Gasteiger partial charge in [-0.15, -0.1) is 6.58 Å². The molecule has 4 N–H and O–H groups in total. The fourth-order valence-corrected chi connectivity index (χ4v) is 1.14. The lowest BCUT2D eigenvalue weighted by Gasteiger charge is -2.25.